The van der Waals surface area contributed by atoms with Gasteiger partial charge >= 0.3 is 0 Å². The molecule has 1 unspecified atom stereocenters. The van der Waals surface area contributed by atoms with Crippen LogP contribution < -0.4 is 20.7 Å². The van der Waals surface area contributed by atoms with Gasteiger partial charge in [0, 0.05) is 24.7 Å². The van der Waals surface area contributed by atoms with Crippen molar-refractivity contribution < 1.29 is 23.5 Å². The summed E-state index contributed by atoms with van der Waals surface area (Å²) in [6, 6.07) is 8.73. The zero-order chi connectivity index (χ0) is 19.6. The maximum Gasteiger partial charge on any atom is 0.232 e. The molecule has 1 atom stereocenters. The molecule has 0 fully saturated rings. The van der Waals surface area contributed by atoms with Crippen LogP contribution in [0.4, 0.5) is 21.5 Å². The molecule has 0 aliphatic carbocycles. The number of amides is 3. The van der Waals surface area contributed by atoms with Gasteiger partial charge in [-0.2, -0.15) is 0 Å². The second kappa shape index (κ2) is 7.45. The molecule has 0 saturated carbocycles. The van der Waals surface area contributed by atoms with Gasteiger partial charge in [0.15, 0.2) is 0 Å². The van der Waals surface area contributed by atoms with E-state index in [1.807, 2.05) is 0 Å². The van der Waals surface area contributed by atoms with Crippen LogP contribution in [0.25, 0.3) is 0 Å². The molecule has 27 heavy (non-hydrogen) atoms. The summed E-state index contributed by atoms with van der Waals surface area (Å²) in [5.74, 6) is -1.93. The maximum atomic E-state index is 13.4. The highest BCUT2D eigenvalue weighted by molar-refractivity contribution is 6.05. The van der Waals surface area contributed by atoms with Crippen molar-refractivity contribution in [2.75, 3.05) is 23.1 Å². The smallest absolute Gasteiger partial charge is 0.232 e. The van der Waals surface area contributed by atoms with Crippen LogP contribution in [0.5, 0.6) is 5.75 Å². The minimum atomic E-state index is -0.775. The van der Waals surface area contributed by atoms with Crippen LogP contribution in [0.15, 0.2) is 36.4 Å². The highest BCUT2D eigenvalue weighted by atomic mass is 19.1. The molecule has 0 aromatic heterocycles. The molecule has 0 bridgehead atoms. The van der Waals surface area contributed by atoms with E-state index in [2.05, 4.69) is 16.0 Å². The molecule has 0 spiro atoms. The monoisotopic (exact) mass is 371 g/mol. The molecule has 140 valence electrons. The first-order valence-corrected chi connectivity index (χ1v) is 8.23. The van der Waals surface area contributed by atoms with Gasteiger partial charge < -0.3 is 20.7 Å². The van der Waals surface area contributed by atoms with Crippen LogP contribution in [0, 0.1) is 5.82 Å². The predicted octanol–water partition coefficient (Wildman–Crippen LogP) is 2.86. The van der Waals surface area contributed by atoms with E-state index in [1.165, 1.54) is 32.2 Å². The third kappa shape index (κ3) is 4.05. The number of hydrogen-bond acceptors (Lipinski definition) is 4. The van der Waals surface area contributed by atoms with Crippen LogP contribution in [-0.4, -0.2) is 24.8 Å². The van der Waals surface area contributed by atoms with E-state index in [0.29, 0.717) is 22.7 Å². The Morgan fingerprint density at radius 3 is 2.67 bits per heavy atom. The summed E-state index contributed by atoms with van der Waals surface area (Å²) in [6.45, 7) is 1.37. The Balaban J connectivity index is 1.89. The van der Waals surface area contributed by atoms with E-state index in [-0.39, 0.29) is 23.9 Å². The lowest BCUT2D eigenvalue weighted by Crippen LogP contribution is -2.31. The van der Waals surface area contributed by atoms with Gasteiger partial charge in [-0.3, -0.25) is 14.4 Å². The highest BCUT2D eigenvalue weighted by Gasteiger charge is 2.31. The predicted molar refractivity (Wildman–Crippen MR) is 98.3 cm³/mol. The van der Waals surface area contributed by atoms with E-state index >= 15 is 0 Å². The maximum absolute atomic E-state index is 13.4. The standard InChI is InChI=1S/C19H18FN3O4/c1-10(24)21-12-4-6-17(27-2)16(8-12)23-19(26)14-9-18(25)22-15-7-11(20)3-5-13(14)15/h3-8,14H,9H2,1-2H3,(H,21,24)(H,22,25)(H,23,26). The van der Waals surface area contributed by atoms with Crippen molar-refractivity contribution in [2.45, 2.75) is 19.3 Å². The lowest BCUT2D eigenvalue weighted by molar-refractivity contribution is -0.123. The van der Waals surface area contributed by atoms with Crippen molar-refractivity contribution in [3.63, 3.8) is 0 Å². The van der Waals surface area contributed by atoms with E-state index < -0.39 is 17.6 Å². The molecule has 3 amide bonds. The molecule has 7 nitrogen and oxygen atoms in total. The summed E-state index contributed by atoms with van der Waals surface area (Å²) < 4.78 is 18.7. The lowest BCUT2D eigenvalue weighted by Gasteiger charge is -2.25. The van der Waals surface area contributed by atoms with Crippen LogP contribution in [0.2, 0.25) is 0 Å². The molecule has 1 aliphatic rings. The quantitative estimate of drug-likeness (QED) is 0.770. The molecule has 1 heterocycles. The normalized spacial score (nSPS) is 15.4. The third-order valence-electron chi connectivity index (χ3n) is 4.15. The van der Waals surface area contributed by atoms with Crippen LogP contribution in [-0.2, 0) is 14.4 Å². The number of carbonyl (C=O) groups excluding carboxylic acids is 3. The number of methoxy groups -OCH3 is 1. The molecule has 2 aromatic rings. The van der Waals surface area contributed by atoms with Crippen molar-refractivity contribution in [3.05, 3.63) is 47.8 Å². The van der Waals surface area contributed by atoms with Gasteiger partial charge in [-0.15, -0.1) is 0 Å². The molecule has 0 saturated heterocycles. The van der Waals surface area contributed by atoms with Crippen LogP contribution in [0.3, 0.4) is 0 Å². The molecular formula is C19H18FN3O4. The molecule has 3 rings (SSSR count). The average Bonchev–Trinajstić information content (AvgIpc) is 2.60. The largest absolute Gasteiger partial charge is 0.495 e. The fourth-order valence-corrected chi connectivity index (χ4v) is 2.98. The van der Waals surface area contributed by atoms with E-state index in [9.17, 15) is 18.8 Å². The Hall–Kier alpha value is -3.42. The zero-order valence-electron chi connectivity index (χ0n) is 14.8. The van der Waals surface area contributed by atoms with Crippen molar-refractivity contribution in [3.8, 4) is 5.75 Å². The number of rotatable bonds is 4. The Bertz CT molecular complexity index is 929. The second-order valence-electron chi connectivity index (χ2n) is 6.12. The first-order chi connectivity index (χ1) is 12.9. The Kier molecular flexibility index (Phi) is 5.07. The summed E-state index contributed by atoms with van der Waals surface area (Å²) in [5.41, 5.74) is 1.65. The van der Waals surface area contributed by atoms with Crippen molar-refractivity contribution >= 4 is 34.8 Å². The topological polar surface area (TPSA) is 96.5 Å². The third-order valence-corrected chi connectivity index (χ3v) is 4.15. The number of anilines is 3. The number of hydrogen-bond donors (Lipinski definition) is 3. The van der Waals surface area contributed by atoms with Gasteiger partial charge in [-0.1, -0.05) is 6.07 Å². The molecule has 8 heteroatoms. The zero-order valence-corrected chi connectivity index (χ0v) is 14.8. The second-order valence-corrected chi connectivity index (χ2v) is 6.12. The Morgan fingerprint density at radius 1 is 1.19 bits per heavy atom. The van der Waals surface area contributed by atoms with Gasteiger partial charge in [-0.25, -0.2) is 4.39 Å². The fourth-order valence-electron chi connectivity index (χ4n) is 2.98. The SMILES string of the molecule is COc1ccc(NC(C)=O)cc1NC(=O)C1CC(=O)Nc2cc(F)ccc21. The highest BCUT2D eigenvalue weighted by Crippen LogP contribution is 2.35. The Labute approximate surface area is 154 Å². The fraction of sp³-hybridized carbons (Fsp3) is 0.211. The number of halogens is 1. The van der Waals surface area contributed by atoms with E-state index in [1.54, 1.807) is 18.2 Å². The molecule has 3 N–H and O–H groups in total. The molecular weight excluding hydrogens is 353 g/mol. The first kappa shape index (κ1) is 18.4. The van der Waals surface area contributed by atoms with E-state index in [4.69, 9.17) is 4.74 Å². The molecule has 1 aliphatic heterocycles. The number of carbonyl (C=O) groups is 3. The van der Waals surface area contributed by atoms with Crippen LogP contribution >= 0.6 is 0 Å². The minimum absolute atomic E-state index is 0.0574. The molecule has 2 aromatic carbocycles. The summed E-state index contributed by atoms with van der Waals surface area (Å²) >= 11 is 0. The summed E-state index contributed by atoms with van der Waals surface area (Å²) in [4.78, 5) is 36.0. The number of ether oxygens (including phenoxy) is 1. The van der Waals surface area contributed by atoms with Crippen LogP contribution in [0.1, 0.15) is 24.8 Å². The van der Waals surface area contributed by atoms with Crippen molar-refractivity contribution in [2.24, 2.45) is 0 Å². The summed E-state index contributed by atoms with van der Waals surface area (Å²) in [7, 11) is 1.45. The number of fused-ring (bicyclic) bond motifs is 1. The number of nitrogens with one attached hydrogen (secondary N) is 3. The Morgan fingerprint density at radius 2 is 1.96 bits per heavy atom. The van der Waals surface area contributed by atoms with Gasteiger partial charge in [0.1, 0.15) is 11.6 Å². The van der Waals surface area contributed by atoms with Gasteiger partial charge in [0.2, 0.25) is 17.7 Å². The summed E-state index contributed by atoms with van der Waals surface area (Å²) in [6.07, 6.45) is -0.0574. The van der Waals surface area contributed by atoms with Gasteiger partial charge in [-0.05, 0) is 35.9 Å². The number of benzene rings is 2. The average molecular weight is 371 g/mol. The van der Waals surface area contributed by atoms with Gasteiger partial charge in [0.25, 0.3) is 0 Å². The van der Waals surface area contributed by atoms with Crippen molar-refractivity contribution in [1.82, 2.24) is 0 Å². The van der Waals surface area contributed by atoms with E-state index in [0.717, 1.165) is 0 Å². The van der Waals surface area contributed by atoms with Gasteiger partial charge in [0.05, 0.1) is 18.7 Å². The summed E-state index contributed by atoms with van der Waals surface area (Å²) in [5, 5.41) is 7.93. The lowest BCUT2D eigenvalue weighted by atomic mass is 9.89. The molecule has 0 radical (unpaired) electrons. The van der Waals surface area contributed by atoms with Crippen molar-refractivity contribution in [1.29, 1.82) is 0 Å². The first-order valence-electron chi connectivity index (χ1n) is 8.23. The minimum Gasteiger partial charge on any atom is -0.495 e.